The fourth-order valence-electron chi connectivity index (χ4n) is 2.93. The molecule has 0 aliphatic carbocycles. The summed E-state index contributed by atoms with van der Waals surface area (Å²) in [6.45, 7) is 13.9. The molecule has 0 spiro atoms. The van der Waals surface area contributed by atoms with Gasteiger partial charge < -0.3 is 10.2 Å². The zero-order valence-electron chi connectivity index (χ0n) is 13.6. The van der Waals surface area contributed by atoms with Gasteiger partial charge in [-0.05, 0) is 43.8 Å². The van der Waals surface area contributed by atoms with E-state index in [1.807, 2.05) is 0 Å². The molecule has 1 unspecified atom stereocenters. The summed E-state index contributed by atoms with van der Waals surface area (Å²) in [6, 6.07) is 9.52. The monoisotopic (exact) mass is 274 g/mol. The number of hydrogen-bond acceptors (Lipinski definition) is 2. The predicted molar refractivity (Wildman–Crippen MR) is 87.2 cm³/mol. The van der Waals surface area contributed by atoms with Gasteiger partial charge in [-0.2, -0.15) is 0 Å². The van der Waals surface area contributed by atoms with Crippen molar-refractivity contribution in [1.82, 2.24) is 10.2 Å². The Bertz CT molecular complexity index is 420. The smallest absolute Gasteiger partial charge is 0.0243 e. The van der Waals surface area contributed by atoms with Gasteiger partial charge in [-0.15, -0.1) is 0 Å². The van der Waals surface area contributed by atoms with Crippen molar-refractivity contribution in [3.05, 3.63) is 35.4 Å². The minimum atomic E-state index is 0.339. The lowest BCUT2D eigenvalue weighted by Crippen LogP contribution is -2.46. The summed E-state index contributed by atoms with van der Waals surface area (Å²) < 4.78 is 0. The van der Waals surface area contributed by atoms with E-state index in [1.54, 1.807) is 0 Å². The molecule has 2 heteroatoms. The van der Waals surface area contributed by atoms with Crippen LogP contribution >= 0.6 is 0 Å². The maximum absolute atomic E-state index is 3.72. The first-order valence-electron chi connectivity index (χ1n) is 7.96. The van der Waals surface area contributed by atoms with Gasteiger partial charge in [0.1, 0.15) is 0 Å². The Hall–Kier alpha value is -0.860. The number of rotatable bonds is 3. The number of hydrogen-bond donors (Lipinski definition) is 1. The van der Waals surface area contributed by atoms with Crippen molar-refractivity contribution in [3.63, 3.8) is 0 Å². The van der Waals surface area contributed by atoms with Crippen molar-refractivity contribution < 1.29 is 0 Å². The van der Waals surface area contributed by atoms with Crippen molar-refractivity contribution in [1.29, 1.82) is 0 Å². The average molecular weight is 274 g/mol. The second kappa shape index (κ2) is 6.73. The van der Waals surface area contributed by atoms with Gasteiger partial charge in [0.25, 0.3) is 0 Å². The molecule has 2 rings (SSSR count). The van der Waals surface area contributed by atoms with Gasteiger partial charge in [-0.25, -0.2) is 0 Å². The number of nitrogens with zero attached hydrogens (tertiary/aromatic N) is 1. The van der Waals surface area contributed by atoms with E-state index < -0.39 is 0 Å². The van der Waals surface area contributed by atoms with Gasteiger partial charge in [0.2, 0.25) is 0 Å². The lowest BCUT2D eigenvalue weighted by Gasteiger charge is -2.33. The Labute approximate surface area is 124 Å². The number of aryl methyl sites for hydroxylation is 1. The summed E-state index contributed by atoms with van der Waals surface area (Å²) in [4.78, 5) is 2.64. The van der Waals surface area contributed by atoms with Crippen LogP contribution in [-0.2, 0) is 6.42 Å². The molecule has 0 bridgehead atoms. The maximum Gasteiger partial charge on any atom is 0.0243 e. The maximum atomic E-state index is 3.72. The molecular formula is C18H30N2. The Morgan fingerprint density at radius 2 is 2.10 bits per heavy atom. The average Bonchev–Trinajstić information content (AvgIpc) is 2.61. The molecule has 20 heavy (non-hydrogen) atoms. The first kappa shape index (κ1) is 15.5. The van der Waals surface area contributed by atoms with Crippen molar-refractivity contribution >= 4 is 0 Å². The Balaban J connectivity index is 1.91. The third kappa shape index (κ3) is 4.60. The van der Waals surface area contributed by atoms with E-state index in [4.69, 9.17) is 0 Å². The molecule has 1 N–H and O–H groups in total. The van der Waals surface area contributed by atoms with E-state index in [0.29, 0.717) is 11.5 Å². The number of nitrogens with one attached hydrogen (secondary N) is 1. The summed E-state index contributed by atoms with van der Waals surface area (Å²) >= 11 is 0. The lowest BCUT2D eigenvalue weighted by molar-refractivity contribution is 0.198. The molecule has 112 valence electrons. The standard InChI is InChI=1S/C18H30N2/c1-15-7-5-8-16(13-15)9-12-20-11-6-10-19-17(14-20)18(2,3)4/h5,7-8,13,17,19H,6,9-12,14H2,1-4H3. The normalized spacial score (nSPS) is 21.7. The first-order chi connectivity index (χ1) is 9.45. The quantitative estimate of drug-likeness (QED) is 0.910. The van der Waals surface area contributed by atoms with Crippen molar-refractivity contribution in [2.75, 3.05) is 26.2 Å². The Morgan fingerprint density at radius 3 is 2.80 bits per heavy atom. The molecule has 0 radical (unpaired) electrons. The summed E-state index contributed by atoms with van der Waals surface area (Å²) in [5.74, 6) is 0. The van der Waals surface area contributed by atoms with E-state index in [9.17, 15) is 0 Å². The summed E-state index contributed by atoms with van der Waals surface area (Å²) in [7, 11) is 0. The Morgan fingerprint density at radius 1 is 1.30 bits per heavy atom. The lowest BCUT2D eigenvalue weighted by atomic mass is 9.86. The predicted octanol–water partition coefficient (Wildman–Crippen LogP) is 3.25. The minimum absolute atomic E-state index is 0.339. The third-order valence-corrected chi connectivity index (χ3v) is 4.33. The molecule has 1 aliphatic heterocycles. The molecule has 1 aliphatic rings. The van der Waals surface area contributed by atoms with Gasteiger partial charge in [-0.1, -0.05) is 50.6 Å². The fraction of sp³-hybridized carbons (Fsp3) is 0.667. The van der Waals surface area contributed by atoms with Crippen molar-refractivity contribution in [3.8, 4) is 0 Å². The highest BCUT2D eigenvalue weighted by Gasteiger charge is 2.27. The van der Waals surface area contributed by atoms with Crippen molar-refractivity contribution in [2.24, 2.45) is 5.41 Å². The second-order valence-corrected chi connectivity index (χ2v) is 7.27. The summed E-state index contributed by atoms with van der Waals surface area (Å²) in [5.41, 5.74) is 3.17. The molecular weight excluding hydrogens is 244 g/mol. The largest absolute Gasteiger partial charge is 0.312 e. The molecule has 0 aromatic heterocycles. The van der Waals surface area contributed by atoms with Gasteiger partial charge in [0.05, 0.1) is 0 Å². The summed E-state index contributed by atoms with van der Waals surface area (Å²) in [5, 5.41) is 3.72. The molecule has 1 heterocycles. The van der Waals surface area contributed by atoms with E-state index in [0.717, 1.165) is 6.54 Å². The molecule has 1 atom stereocenters. The van der Waals surface area contributed by atoms with Crippen LogP contribution in [0.3, 0.4) is 0 Å². The molecule has 1 aromatic rings. The van der Waals surface area contributed by atoms with Crippen LogP contribution < -0.4 is 5.32 Å². The molecule has 0 saturated carbocycles. The first-order valence-corrected chi connectivity index (χ1v) is 7.96. The van der Waals surface area contributed by atoms with Gasteiger partial charge >= 0.3 is 0 Å². The molecule has 1 aromatic carbocycles. The Kier molecular flexibility index (Phi) is 5.22. The van der Waals surface area contributed by atoms with E-state index in [-0.39, 0.29) is 0 Å². The van der Waals surface area contributed by atoms with E-state index >= 15 is 0 Å². The van der Waals surface area contributed by atoms with Crippen LogP contribution in [0, 0.1) is 12.3 Å². The highest BCUT2D eigenvalue weighted by atomic mass is 15.2. The van der Waals surface area contributed by atoms with Crippen LogP contribution in [0.5, 0.6) is 0 Å². The van der Waals surface area contributed by atoms with Gasteiger partial charge in [0.15, 0.2) is 0 Å². The number of benzene rings is 1. The van der Waals surface area contributed by atoms with Crippen LogP contribution in [0.15, 0.2) is 24.3 Å². The highest BCUT2D eigenvalue weighted by Crippen LogP contribution is 2.21. The van der Waals surface area contributed by atoms with Gasteiger partial charge in [-0.3, -0.25) is 0 Å². The van der Waals surface area contributed by atoms with Crippen LogP contribution in [0.2, 0.25) is 0 Å². The van der Waals surface area contributed by atoms with Crippen LogP contribution in [0.25, 0.3) is 0 Å². The van der Waals surface area contributed by atoms with Crippen molar-refractivity contribution in [2.45, 2.75) is 46.6 Å². The molecule has 1 fully saturated rings. The zero-order chi connectivity index (χ0) is 14.6. The van der Waals surface area contributed by atoms with Crippen LogP contribution in [-0.4, -0.2) is 37.1 Å². The fourth-order valence-corrected chi connectivity index (χ4v) is 2.93. The molecule has 2 nitrogen and oxygen atoms in total. The molecule has 1 saturated heterocycles. The van der Waals surface area contributed by atoms with Crippen LogP contribution in [0.4, 0.5) is 0 Å². The third-order valence-electron chi connectivity index (χ3n) is 4.33. The summed E-state index contributed by atoms with van der Waals surface area (Å²) in [6.07, 6.45) is 2.43. The second-order valence-electron chi connectivity index (χ2n) is 7.27. The van der Waals surface area contributed by atoms with E-state index in [1.165, 1.54) is 43.6 Å². The molecule has 0 amide bonds. The van der Waals surface area contributed by atoms with E-state index in [2.05, 4.69) is 62.2 Å². The van der Waals surface area contributed by atoms with Crippen LogP contribution in [0.1, 0.15) is 38.3 Å². The highest BCUT2D eigenvalue weighted by molar-refractivity contribution is 5.22. The SMILES string of the molecule is Cc1cccc(CCN2CCCNC(C(C)(C)C)C2)c1. The minimum Gasteiger partial charge on any atom is -0.312 e. The van der Waals surface area contributed by atoms with Gasteiger partial charge in [0, 0.05) is 19.1 Å². The zero-order valence-corrected chi connectivity index (χ0v) is 13.6. The topological polar surface area (TPSA) is 15.3 Å².